The predicted octanol–water partition coefficient (Wildman–Crippen LogP) is 0.977. The maximum Gasteiger partial charge on any atom is 0.157 e. The largest absolute Gasteiger partial charge is 0.495 e. The van der Waals surface area contributed by atoms with E-state index in [1.54, 1.807) is 23.9 Å². The van der Waals surface area contributed by atoms with Crippen LogP contribution in [0.25, 0.3) is 10.9 Å². The molecule has 1 heterocycles. The Hall–Kier alpha value is -2.04. The van der Waals surface area contributed by atoms with Crippen molar-refractivity contribution in [3.63, 3.8) is 0 Å². The van der Waals surface area contributed by atoms with Crippen LogP contribution in [0.3, 0.4) is 0 Å². The summed E-state index contributed by atoms with van der Waals surface area (Å²) in [5, 5.41) is 4.76. The van der Waals surface area contributed by atoms with Gasteiger partial charge in [0.1, 0.15) is 5.75 Å². The molecule has 0 aliphatic heterocycles. The molecule has 0 aliphatic carbocycles. The summed E-state index contributed by atoms with van der Waals surface area (Å²) < 4.78 is 6.83. The molecule has 5 heteroatoms. The van der Waals surface area contributed by atoms with Crippen LogP contribution in [0.5, 0.6) is 5.75 Å². The van der Waals surface area contributed by atoms with Crippen molar-refractivity contribution in [1.82, 2.24) is 9.78 Å². The average Bonchev–Trinajstić information content (AvgIpc) is 2.53. The van der Waals surface area contributed by atoms with Crippen molar-refractivity contribution >= 4 is 23.0 Å². The maximum absolute atomic E-state index is 10.8. The summed E-state index contributed by atoms with van der Waals surface area (Å²) in [5.41, 5.74) is 7.07. The fourth-order valence-electron chi connectivity index (χ4n) is 1.68. The molecule has 0 saturated carbocycles. The number of carbonyl (C=O) groups excluding carboxylic acids is 1. The number of nitrogens with two attached hydrogens (primary N) is 1. The number of anilines is 1. The Morgan fingerprint density at radius 2 is 2.27 bits per heavy atom. The second kappa shape index (κ2) is 3.27. The molecule has 0 atom stereocenters. The zero-order valence-corrected chi connectivity index (χ0v) is 8.52. The van der Waals surface area contributed by atoms with Crippen LogP contribution < -0.4 is 10.5 Å². The second-order valence-electron chi connectivity index (χ2n) is 3.21. The van der Waals surface area contributed by atoms with Gasteiger partial charge in [-0.05, 0) is 12.1 Å². The Bertz CT molecular complexity index is 531. The lowest BCUT2D eigenvalue weighted by molar-refractivity contribution is 0.112. The van der Waals surface area contributed by atoms with Gasteiger partial charge in [0.15, 0.2) is 12.1 Å². The molecule has 15 heavy (non-hydrogen) atoms. The van der Waals surface area contributed by atoms with Gasteiger partial charge in [-0.3, -0.25) is 9.48 Å². The summed E-state index contributed by atoms with van der Waals surface area (Å²) in [7, 11) is 3.30. The smallest absolute Gasteiger partial charge is 0.157 e. The van der Waals surface area contributed by atoms with Crippen molar-refractivity contribution in [2.75, 3.05) is 12.8 Å². The van der Waals surface area contributed by atoms with Crippen LogP contribution in [0, 0.1) is 0 Å². The minimum Gasteiger partial charge on any atom is -0.495 e. The number of methoxy groups -OCH3 is 1. The van der Waals surface area contributed by atoms with E-state index in [4.69, 9.17) is 10.5 Å². The summed E-state index contributed by atoms with van der Waals surface area (Å²) >= 11 is 0. The monoisotopic (exact) mass is 205 g/mol. The normalized spacial score (nSPS) is 10.5. The van der Waals surface area contributed by atoms with E-state index in [2.05, 4.69) is 5.10 Å². The summed E-state index contributed by atoms with van der Waals surface area (Å²) in [6.07, 6.45) is 0.741. The summed E-state index contributed by atoms with van der Waals surface area (Å²) in [6.45, 7) is 0. The quantitative estimate of drug-likeness (QED) is 0.742. The Balaban J connectivity index is 2.92. The second-order valence-corrected chi connectivity index (χ2v) is 3.21. The van der Waals surface area contributed by atoms with Crippen molar-refractivity contribution < 1.29 is 9.53 Å². The Morgan fingerprint density at radius 1 is 1.53 bits per heavy atom. The van der Waals surface area contributed by atoms with Crippen LogP contribution in [-0.2, 0) is 7.05 Å². The number of hydrogen-bond donors (Lipinski definition) is 1. The summed E-state index contributed by atoms with van der Waals surface area (Å²) in [4.78, 5) is 10.8. The summed E-state index contributed by atoms with van der Waals surface area (Å²) in [6, 6.07) is 3.49. The van der Waals surface area contributed by atoms with E-state index in [9.17, 15) is 4.79 Å². The number of hydrogen-bond acceptors (Lipinski definition) is 4. The van der Waals surface area contributed by atoms with Crippen LogP contribution >= 0.6 is 0 Å². The van der Waals surface area contributed by atoms with Gasteiger partial charge >= 0.3 is 0 Å². The first kappa shape index (κ1) is 9.51. The topological polar surface area (TPSA) is 70.1 Å². The van der Waals surface area contributed by atoms with E-state index < -0.39 is 0 Å². The molecule has 78 valence electrons. The van der Waals surface area contributed by atoms with Crippen LogP contribution in [0.4, 0.5) is 5.82 Å². The molecule has 1 aromatic heterocycles. The Kier molecular flexibility index (Phi) is 2.07. The van der Waals surface area contributed by atoms with Gasteiger partial charge < -0.3 is 10.5 Å². The van der Waals surface area contributed by atoms with E-state index >= 15 is 0 Å². The minimum absolute atomic E-state index is 0.369. The van der Waals surface area contributed by atoms with Gasteiger partial charge in [0.05, 0.1) is 23.6 Å². The van der Waals surface area contributed by atoms with Crippen molar-refractivity contribution in [3.8, 4) is 5.75 Å². The molecule has 5 nitrogen and oxygen atoms in total. The van der Waals surface area contributed by atoms with Crippen molar-refractivity contribution in [2.24, 2.45) is 7.05 Å². The molecule has 0 amide bonds. The van der Waals surface area contributed by atoms with E-state index in [0.717, 1.165) is 11.8 Å². The number of nitrogens with zero attached hydrogens (tertiary/aromatic N) is 2. The molecule has 1 aromatic carbocycles. The molecular weight excluding hydrogens is 194 g/mol. The third-order valence-corrected chi connectivity index (χ3v) is 2.36. The van der Waals surface area contributed by atoms with Gasteiger partial charge in [0.25, 0.3) is 0 Å². The van der Waals surface area contributed by atoms with Gasteiger partial charge in [-0.2, -0.15) is 5.10 Å². The van der Waals surface area contributed by atoms with Crippen molar-refractivity contribution in [1.29, 1.82) is 0 Å². The van der Waals surface area contributed by atoms with Crippen LogP contribution in [0.15, 0.2) is 12.1 Å². The molecule has 2 N–H and O–H groups in total. The van der Waals surface area contributed by atoms with E-state index in [0.29, 0.717) is 22.5 Å². The van der Waals surface area contributed by atoms with Crippen LogP contribution in [0.1, 0.15) is 10.4 Å². The number of aromatic nitrogens is 2. The fourth-order valence-corrected chi connectivity index (χ4v) is 1.68. The van der Waals surface area contributed by atoms with Crippen LogP contribution in [0.2, 0.25) is 0 Å². The van der Waals surface area contributed by atoms with Gasteiger partial charge in [-0.25, -0.2) is 0 Å². The fraction of sp³-hybridized carbons (Fsp3) is 0.200. The first-order chi connectivity index (χ1) is 7.19. The number of rotatable bonds is 2. The molecule has 0 bridgehead atoms. The molecule has 2 aromatic rings. The van der Waals surface area contributed by atoms with Gasteiger partial charge in [-0.15, -0.1) is 0 Å². The first-order valence-electron chi connectivity index (χ1n) is 4.43. The van der Waals surface area contributed by atoms with E-state index in [1.807, 2.05) is 0 Å². The highest BCUT2D eigenvalue weighted by molar-refractivity contribution is 6.00. The highest BCUT2D eigenvalue weighted by Crippen LogP contribution is 2.32. The highest BCUT2D eigenvalue weighted by Gasteiger charge is 2.14. The third kappa shape index (κ3) is 1.24. The zero-order chi connectivity index (χ0) is 11.0. The molecular formula is C10H11N3O2. The van der Waals surface area contributed by atoms with Gasteiger partial charge in [0, 0.05) is 7.05 Å². The number of nitrogen functional groups attached to an aromatic ring is 1. The standard InChI is InChI=1S/C10H11N3O2/c1-13-7-4-3-6(5-14)9(15-2)8(7)10(11)12-13/h3-5H,1-2H3,(H2,11,12). The van der Waals surface area contributed by atoms with Crippen LogP contribution in [-0.4, -0.2) is 23.2 Å². The molecule has 0 aliphatic rings. The number of benzene rings is 1. The third-order valence-electron chi connectivity index (χ3n) is 2.36. The highest BCUT2D eigenvalue weighted by atomic mass is 16.5. The van der Waals surface area contributed by atoms with Gasteiger partial charge in [0.2, 0.25) is 0 Å². The summed E-state index contributed by atoms with van der Waals surface area (Å²) in [5.74, 6) is 0.848. The lowest BCUT2D eigenvalue weighted by atomic mass is 10.1. The Labute approximate surface area is 86.4 Å². The SMILES string of the molecule is COc1c(C=O)ccc2c1c(N)nn2C. The molecule has 0 saturated heterocycles. The van der Waals surface area contributed by atoms with E-state index in [1.165, 1.54) is 7.11 Å². The number of aryl methyl sites for hydroxylation is 1. The number of ether oxygens (including phenoxy) is 1. The lowest BCUT2D eigenvalue weighted by Gasteiger charge is -2.05. The predicted molar refractivity (Wildman–Crippen MR) is 57.1 cm³/mol. The van der Waals surface area contributed by atoms with E-state index in [-0.39, 0.29) is 0 Å². The van der Waals surface area contributed by atoms with Crippen molar-refractivity contribution in [2.45, 2.75) is 0 Å². The number of carbonyl (C=O) groups is 1. The first-order valence-corrected chi connectivity index (χ1v) is 4.43. The average molecular weight is 205 g/mol. The molecule has 0 spiro atoms. The zero-order valence-electron chi connectivity index (χ0n) is 8.52. The van der Waals surface area contributed by atoms with Gasteiger partial charge in [-0.1, -0.05) is 0 Å². The maximum atomic E-state index is 10.8. The minimum atomic E-state index is 0.369. The molecule has 2 rings (SSSR count). The molecule has 0 radical (unpaired) electrons. The van der Waals surface area contributed by atoms with Crippen molar-refractivity contribution in [3.05, 3.63) is 17.7 Å². The molecule has 0 unspecified atom stereocenters. The lowest BCUT2D eigenvalue weighted by Crippen LogP contribution is -1.93. The Morgan fingerprint density at radius 3 is 2.87 bits per heavy atom. The number of fused-ring (bicyclic) bond motifs is 1. The number of aldehydes is 1. The molecule has 0 fully saturated rings.